The Morgan fingerprint density at radius 3 is 2.33 bits per heavy atom. The Morgan fingerprint density at radius 1 is 0.972 bits per heavy atom. The van der Waals surface area contributed by atoms with Gasteiger partial charge in [-0.2, -0.15) is 0 Å². The summed E-state index contributed by atoms with van der Waals surface area (Å²) < 4.78 is 0. The largest absolute Gasteiger partial charge is 0.385 e. The molecule has 0 radical (unpaired) electrons. The molecule has 2 aliphatic rings. The van der Waals surface area contributed by atoms with E-state index in [0.29, 0.717) is 22.9 Å². The van der Waals surface area contributed by atoms with E-state index in [0.717, 1.165) is 48.3 Å². The number of nitrogens with zero attached hydrogens (tertiary/aromatic N) is 2. The molecule has 0 spiro atoms. The normalized spacial score (nSPS) is 20.1. The third kappa shape index (κ3) is 5.16. The second-order valence-corrected chi connectivity index (χ2v) is 10.6. The van der Waals surface area contributed by atoms with Crippen LogP contribution in [0.1, 0.15) is 58.3 Å². The van der Waals surface area contributed by atoms with Crippen molar-refractivity contribution in [2.45, 2.75) is 36.8 Å². The summed E-state index contributed by atoms with van der Waals surface area (Å²) in [7, 11) is 1.89. The highest BCUT2D eigenvalue weighted by molar-refractivity contribution is 6.42. The van der Waals surface area contributed by atoms with E-state index in [1.54, 1.807) is 0 Å². The maximum Gasteiger partial charge on any atom is 0.254 e. The van der Waals surface area contributed by atoms with Gasteiger partial charge in [-0.05, 0) is 60.7 Å². The molecule has 0 aromatic heterocycles. The van der Waals surface area contributed by atoms with Crippen molar-refractivity contribution in [3.63, 3.8) is 0 Å². The lowest BCUT2D eigenvalue weighted by Crippen LogP contribution is -2.43. The van der Waals surface area contributed by atoms with Crippen molar-refractivity contribution in [1.82, 2.24) is 9.80 Å². The standard InChI is InChI=1S/C29H30Cl2N2O2.ClH/c1-32-27(23-9-5-6-10-24(23)28(32)34)22(20-11-12-25(30)26(31)19-20)13-16-33-17-14-29(35,15-18-33)21-7-3-2-4-8-21;/h2-12,19,22,27,35H,13-18H2,1H3;1H/t22-,27-;/m0./s1. The fourth-order valence-electron chi connectivity index (χ4n) is 5.72. The average molecular weight is 546 g/mol. The summed E-state index contributed by atoms with van der Waals surface area (Å²) in [4.78, 5) is 17.3. The van der Waals surface area contributed by atoms with Crippen LogP contribution in [0.2, 0.25) is 10.0 Å². The van der Waals surface area contributed by atoms with Gasteiger partial charge in [0.25, 0.3) is 5.91 Å². The van der Waals surface area contributed by atoms with Crippen molar-refractivity contribution in [1.29, 1.82) is 0 Å². The molecule has 5 rings (SSSR count). The van der Waals surface area contributed by atoms with Crippen molar-refractivity contribution >= 4 is 41.5 Å². The highest BCUT2D eigenvalue weighted by Crippen LogP contribution is 2.45. The fraction of sp³-hybridized carbons (Fsp3) is 0.345. The molecular formula is C29H31Cl3N2O2. The van der Waals surface area contributed by atoms with Gasteiger partial charge in [-0.25, -0.2) is 0 Å². The quantitative estimate of drug-likeness (QED) is 0.375. The summed E-state index contributed by atoms with van der Waals surface area (Å²) in [5, 5.41) is 12.3. The first-order chi connectivity index (χ1) is 16.9. The molecule has 4 nitrogen and oxygen atoms in total. The van der Waals surface area contributed by atoms with Gasteiger partial charge in [-0.15, -0.1) is 12.4 Å². The van der Waals surface area contributed by atoms with E-state index in [2.05, 4.69) is 11.0 Å². The van der Waals surface area contributed by atoms with Crippen LogP contribution in [-0.2, 0) is 5.60 Å². The molecule has 1 fully saturated rings. The molecule has 0 unspecified atom stereocenters. The van der Waals surface area contributed by atoms with E-state index in [1.165, 1.54) is 0 Å². The first kappa shape index (κ1) is 27.0. The van der Waals surface area contributed by atoms with E-state index in [-0.39, 0.29) is 30.3 Å². The Balaban J connectivity index is 0.00000304. The third-order valence-electron chi connectivity index (χ3n) is 7.75. The molecular weight excluding hydrogens is 515 g/mol. The lowest BCUT2D eigenvalue weighted by atomic mass is 9.83. The number of fused-ring (bicyclic) bond motifs is 1. The molecule has 0 aliphatic carbocycles. The van der Waals surface area contributed by atoms with Crippen LogP contribution >= 0.6 is 35.6 Å². The van der Waals surface area contributed by atoms with Crippen molar-refractivity contribution in [3.8, 4) is 0 Å². The summed E-state index contributed by atoms with van der Waals surface area (Å²) in [5.74, 6) is 0.124. The number of carbonyl (C=O) groups excluding carboxylic acids is 1. The average Bonchev–Trinajstić information content (AvgIpc) is 3.13. The number of hydrogen-bond acceptors (Lipinski definition) is 3. The smallest absolute Gasteiger partial charge is 0.254 e. The van der Waals surface area contributed by atoms with E-state index >= 15 is 0 Å². The van der Waals surface area contributed by atoms with Gasteiger partial charge < -0.3 is 14.9 Å². The van der Waals surface area contributed by atoms with Crippen LogP contribution in [0, 0.1) is 0 Å². The monoisotopic (exact) mass is 544 g/mol. The number of hydrogen-bond donors (Lipinski definition) is 1. The number of aliphatic hydroxyl groups is 1. The maximum atomic E-state index is 13.0. The van der Waals surface area contributed by atoms with Crippen LogP contribution in [-0.4, -0.2) is 47.5 Å². The molecule has 0 bridgehead atoms. The number of carbonyl (C=O) groups is 1. The minimum Gasteiger partial charge on any atom is -0.385 e. The van der Waals surface area contributed by atoms with Crippen LogP contribution < -0.4 is 0 Å². The Morgan fingerprint density at radius 2 is 1.64 bits per heavy atom. The molecule has 7 heteroatoms. The second kappa shape index (κ2) is 11.1. The lowest BCUT2D eigenvalue weighted by molar-refractivity contribution is -0.0266. The maximum absolute atomic E-state index is 13.0. The molecule has 36 heavy (non-hydrogen) atoms. The molecule has 0 saturated carbocycles. The first-order valence-corrected chi connectivity index (χ1v) is 12.9. The van der Waals surface area contributed by atoms with Gasteiger partial charge in [0, 0.05) is 31.6 Å². The SMILES string of the molecule is CN1C(=O)c2ccccc2[C@@H]1[C@@H](CCN1CCC(O)(c2ccccc2)CC1)c1ccc(Cl)c(Cl)c1.Cl. The molecule has 1 saturated heterocycles. The van der Waals surface area contributed by atoms with Gasteiger partial charge in [-0.3, -0.25) is 4.79 Å². The van der Waals surface area contributed by atoms with Gasteiger partial charge in [0.05, 0.1) is 21.7 Å². The second-order valence-electron chi connectivity index (χ2n) is 9.76. The van der Waals surface area contributed by atoms with Crippen LogP contribution in [0.25, 0.3) is 0 Å². The summed E-state index contributed by atoms with van der Waals surface area (Å²) >= 11 is 12.6. The van der Waals surface area contributed by atoms with E-state index in [4.69, 9.17) is 23.2 Å². The summed E-state index contributed by atoms with van der Waals surface area (Å²) in [5.41, 5.74) is 3.15. The predicted octanol–water partition coefficient (Wildman–Crippen LogP) is 6.70. The lowest BCUT2D eigenvalue weighted by Gasteiger charge is -2.39. The number of benzene rings is 3. The third-order valence-corrected chi connectivity index (χ3v) is 8.49. The van der Waals surface area contributed by atoms with Gasteiger partial charge in [0.1, 0.15) is 0 Å². The Bertz CT molecular complexity index is 1210. The molecule has 2 aliphatic heterocycles. The zero-order valence-corrected chi connectivity index (χ0v) is 22.6. The molecule has 3 aromatic rings. The minimum atomic E-state index is -0.766. The molecule has 3 aromatic carbocycles. The minimum absolute atomic E-state index is 0. The predicted molar refractivity (Wildman–Crippen MR) is 148 cm³/mol. The van der Waals surface area contributed by atoms with Crippen molar-refractivity contribution < 1.29 is 9.90 Å². The van der Waals surface area contributed by atoms with Crippen molar-refractivity contribution in [2.75, 3.05) is 26.7 Å². The number of rotatable bonds is 6. The van der Waals surface area contributed by atoms with Crippen LogP contribution in [0.3, 0.4) is 0 Å². The molecule has 1 N–H and O–H groups in total. The number of likely N-dealkylation sites (N-methyl/N-ethyl adjacent to an activating group) is 1. The number of halogens is 3. The molecule has 190 valence electrons. The van der Waals surface area contributed by atoms with E-state index < -0.39 is 5.60 Å². The fourth-order valence-corrected chi connectivity index (χ4v) is 6.02. The Kier molecular flexibility index (Phi) is 8.33. The highest BCUT2D eigenvalue weighted by Gasteiger charge is 2.40. The number of amides is 1. The van der Waals surface area contributed by atoms with Crippen molar-refractivity contribution in [2.24, 2.45) is 0 Å². The zero-order chi connectivity index (χ0) is 24.6. The van der Waals surface area contributed by atoms with Gasteiger partial charge >= 0.3 is 0 Å². The van der Waals surface area contributed by atoms with Gasteiger partial charge in [0.15, 0.2) is 0 Å². The van der Waals surface area contributed by atoms with Crippen LogP contribution in [0.4, 0.5) is 0 Å². The zero-order valence-electron chi connectivity index (χ0n) is 20.2. The summed E-state index contributed by atoms with van der Waals surface area (Å²) in [6.07, 6.45) is 2.27. The van der Waals surface area contributed by atoms with Crippen LogP contribution in [0.5, 0.6) is 0 Å². The van der Waals surface area contributed by atoms with Gasteiger partial charge in [-0.1, -0.05) is 77.8 Å². The first-order valence-electron chi connectivity index (χ1n) is 12.2. The summed E-state index contributed by atoms with van der Waals surface area (Å²) in [6, 6.07) is 23.6. The van der Waals surface area contributed by atoms with E-state index in [1.807, 2.05) is 78.7 Å². The summed E-state index contributed by atoms with van der Waals surface area (Å²) in [6.45, 7) is 2.53. The van der Waals surface area contributed by atoms with E-state index in [9.17, 15) is 9.90 Å². The van der Waals surface area contributed by atoms with Crippen LogP contribution in [0.15, 0.2) is 72.8 Å². The number of likely N-dealkylation sites (tertiary alicyclic amines) is 1. The van der Waals surface area contributed by atoms with Gasteiger partial charge in [0.2, 0.25) is 0 Å². The Labute approximate surface area is 229 Å². The molecule has 1 amide bonds. The van der Waals surface area contributed by atoms with Crippen molar-refractivity contribution in [3.05, 3.63) is 105 Å². The number of piperidine rings is 1. The Hall–Kier alpha value is -2.08. The highest BCUT2D eigenvalue weighted by atomic mass is 35.5. The molecule has 2 atom stereocenters. The molecule has 2 heterocycles. The topological polar surface area (TPSA) is 43.8 Å².